The van der Waals surface area contributed by atoms with Crippen molar-refractivity contribution in [2.45, 2.75) is 26.2 Å². The molecule has 1 fully saturated rings. The van der Waals surface area contributed by atoms with E-state index in [2.05, 4.69) is 70.4 Å². The molecule has 7 nitrogen and oxygen atoms in total. The van der Waals surface area contributed by atoms with E-state index in [9.17, 15) is 0 Å². The molecule has 0 saturated carbocycles. The number of benzene rings is 2. The van der Waals surface area contributed by atoms with Gasteiger partial charge in [0.15, 0.2) is 5.82 Å². The lowest BCUT2D eigenvalue weighted by Gasteiger charge is -2.28. The van der Waals surface area contributed by atoms with Crippen molar-refractivity contribution in [1.29, 1.82) is 0 Å². The molecule has 0 spiro atoms. The number of hydrogen-bond donors (Lipinski definition) is 1. The fourth-order valence-electron chi connectivity index (χ4n) is 3.63. The first kappa shape index (κ1) is 22.7. The fraction of sp³-hybridized carbons (Fsp3) is 0.346. The molecule has 172 valence electrons. The molecule has 2 heterocycles. The van der Waals surface area contributed by atoms with Crippen molar-refractivity contribution in [2.75, 3.05) is 43.2 Å². The lowest BCUT2D eigenvalue weighted by atomic mass is 9.86. The van der Waals surface area contributed by atoms with Crippen LogP contribution in [0.3, 0.4) is 0 Å². The number of rotatable bonds is 8. The molecule has 0 radical (unpaired) electrons. The summed E-state index contributed by atoms with van der Waals surface area (Å²) in [6, 6.07) is 20.7. The van der Waals surface area contributed by atoms with E-state index in [-0.39, 0.29) is 5.41 Å². The van der Waals surface area contributed by atoms with Gasteiger partial charge in [-0.2, -0.15) is 15.1 Å². The van der Waals surface area contributed by atoms with Gasteiger partial charge >= 0.3 is 6.01 Å². The van der Waals surface area contributed by atoms with Crippen molar-refractivity contribution in [3.63, 3.8) is 0 Å². The van der Waals surface area contributed by atoms with Gasteiger partial charge in [0.2, 0.25) is 0 Å². The number of anilines is 2. The Balaban J connectivity index is 1.52. The van der Waals surface area contributed by atoms with Crippen LogP contribution in [0.5, 0.6) is 6.01 Å². The molecule has 2 aromatic carbocycles. The molecule has 1 N–H and O–H groups in total. The molecule has 0 bridgehead atoms. The smallest absolute Gasteiger partial charge is 0.320 e. The van der Waals surface area contributed by atoms with Crippen molar-refractivity contribution in [3.05, 3.63) is 77.4 Å². The van der Waals surface area contributed by atoms with E-state index >= 15 is 0 Å². The normalized spacial score (nSPS) is 14.5. The summed E-state index contributed by atoms with van der Waals surface area (Å²) >= 11 is 0. The first-order valence-electron chi connectivity index (χ1n) is 11.3. The molecule has 0 amide bonds. The Morgan fingerprint density at radius 3 is 2.61 bits per heavy atom. The SMILES string of the molecule is Cc1cccc(C=NNc2cc(N3CCOCC3)nc(OCC(C)(C)c3ccccc3)n2)c1. The molecular weight excluding hydrogens is 414 g/mol. The topological polar surface area (TPSA) is 71.9 Å². The Morgan fingerprint density at radius 1 is 1.06 bits per heavy atom. The molecule has 1 aliphatic heterocycles. The predicted octanol–water partition coefficient (Wildman–Crippen LogP) is 4.42. The van der Waals surface area contributed by atoms with Gasteiger partial charge in [0.05, 0.1) is 19.4 Å². The Bertz CT molecular complexity index is 1080. The molecule has 0 aliphatic carbocycles. The number of hydrazone groups is 1. The van der Waals surface area contributed by atoms with Gasteiger partial charge in [-0.25, -0.2) is 0 Å². The summed E-state index contributed by atoms with van der Waals surface area (Å²) in [4.78, 5) is 11.4. The van der Waals surface area contributed by atoms with Gasteiger partial charge < -0.3 is 14.4 Å². The summed E-state index contributed by atoms with van der Waals surface area (Å²) in [6.45, 7) is 9.72. The Morgan fingerprint density at radius 2 is 1.85 bits per heavy atom. The van der Waals surface area contributed by atoms with E-state index in [0.717, 1.165) is 24.5 Å². The van der Waals surface area contributed by atoms with E-state index in [1.54, 1.807) is 6.21 Å². The number of morpholine rings is 1. The van der Waals surface area contributed by atoms with Crippen LogP contribution in [0.4, 0.5) is 11.6 Å². The van der Waals surface area contributed by atoms with Crippen LogP contribution in [0.25, 0.3) is 0 Å². The standard InChI is InChI=1S/C26H31N5O2/c1-20-8-7-9-21(16-20)18-27-30-23-17-24(31-12-14-32-15-13-31)29-25(28-23)33-19-26(2,3)22-10-5-4-6-11-22/h4-11,16-18H,12-15,19H2,1-3H3,(H,28,29,30). The lowest BCUT2D eigenvalue weighted by molar-refractivity contribution is 0.122. The summed E-state index contributed by atoms with van der Waals surface area (Å²) in [7, 11) is 0. The molecule has 7 heteroatoms. The molecule has 0 atom stereocenters. The number of aryl methyl sites for hydroxylation is 1. The third kappa shape index (κ3) is 6.29. The van der Waals surface area contributed by atoms with Gasteiger partial charge in [0.1, 0.15) is 12.4 Å². The van der Waals surface area contributed by atoms with Crippen LogP contribution >= 0.6 is 0 Å². The molecule has 4 rings (SSSR count). The highest BCUT2D eigenvalue weighted by molar-refractivity contribution is 5.80. The van der Waals surface area contributed by atoms with E-state index in [0.29, 0.717) is 31.6 Å². The minimum absolute atomic E-state index is 0.184. The second-order valence-corrected chi connectivity index (χ2v) is 8.82. The van der Waals surface area contributed by atoms with Crippen LogP contribution in [0, 0.1) is 6.92 Å². The predicted molar refractivity (Wildman–Crippen MR) is 132 cm³/mol. The number of aromatic nitrogens is 2. The fourth-order valence-corrected chi connectivity index (χ4v) is 3.63. The quantitative estimate of drug-likeness (QED) is 0.409. The van der Waals surface area contributed by atoms with Gasteiger partial charge in [-0.1, -0.05) is 74.0 Å². The third-order valence-electron chi connectivity index (χ3n) is 5.58. The largest absolute Gasteiger partial charge is 0.462 e. The monoisotopic (exact) mass is 445 g/mol. The van der Waals surface area contributed by atoms with Crippen LogP contribution in [0.15, 0.2) is 65.8 Å². The lowest BCUT2D eigenvalue weighted by Crippen LogP contribution is -2.37. The highest BCUT2D eigenvalue weighted by atomic mass is 16.5. The average Bonchev–Trinajstić information content (AvgIpc) is 2.84. The van der Waals surface area contributed by atoms with Crippen LogP contribution < -0.4 is 15.1 Å². The molecule has 1 saturated heterocycles. The zero-order chi connectivity index (χ0) is 23.1. The summed E-state index contributed by atoms with van der Waals surface area (Å²) in [5.74, 6) is 1.39. The second kappa shape index (κ2) is 10.4. The number of hydrogen-bond acceptors (Lipinski definition) is 7. The Labute approximate surface area is 195 Å². The minimum Gasteiger partial charge on any atom is -0.462 e. The first-order valence-corrected chi connectivity index (χ1v) is 11.3. The average molecular weight is 446 g/mol. The maximum Gasteiger partial charge on any atom is 0.320 e. The molecular formula is C26H31N5O2. The van der Waals surface area contributed by atoms with Crippen LogP contribution in [0.1, 0.15) is 30.5 Å². The molecule has 1 aliphatic rings. The van der Waals surface area contributed by atoms with E-state index in [1.165, 1.54) is 11.1 Å². The highest BCUT2D eigenvalue weighted by Crippen LogP contribution is 2.25. The van der Waals surface area contributed by atoms with Crippen molar-refractivity contribution < 1.29 is 9.47 Å². The van der Waals surface area contributed by atoms with Crippen LogP contribution in [0.2, 0.25) is 0 Å². The summed E-state index contributed by atoms with van der Waals surface area (Å²) in [6.07, 6.45) is 1.78. The summed E-state index contributed by atoms with van der Waals surface area (Å²) < 4.78 is 11.6. The van der Waals surface area contributed by atoms with Crippen molar-refractivity contribution in [2.24, 2.45) is 5.10 Å². The zero-order valence-electron chi connectivity index (χ0n) is 19.5. The first-order chi connectivity index (χ1) is 16.0. The third-order valence-corrected chi connectivity index (χ3v) is 5.58. The molecule has 33 heavy (non-hydrogen) atoms. The number of nitrogens with one attached hydrogen (secondary N) is 1. The number of ether oxygens (including phenoxy) is 2. The second-order valence-electron chi connectivity index (χ2n) is 8.82. The van der Waals surface area contributed by atoms with Crippen LogP contribution in [-0.2, 0) is 10.2 Å². The van der Waals surface area contributed by atoms with Crippen molar-refractivity contribution >= 4 is 17.9 Å². The maximum absolute atomic E-state index is 6.11. The van der Waals surface area contributed by atoms with Gasteiger partial charge in [-0.05, 0) is 18.1 Å². The highest BCUT2D eigenvalue weighted by Gasteiger charge is 2.23. The molecule has 1 aromatic heterocycles. The van der Waals surface area contributed by atoms with E-state index in [1.807, 2.05) is 36.4 Å². The van der Waals surface area contributed by atoms with Gasteiger partial charge in [-0.15, -0.1) is 0 Å². The van der Waals surface area contributed by atoms with Crippen molar-refractivity contribution in [1.82, 2.24) is 9.97 Å². The Hall–Kier alpha value is -3.45. The van der Waals surface area contributed by atoms with Gasteiger partial charge in [0, 0.05) is 24.6 Å². The zero-order valence-corrected chi connectivity index (χ0v) is 19.5. The van der Waals surface area contributed by atoms with Crippen molar-refractivity contribution in [3.8, 4) is 6.01 Å². The van der Waals surface area contributed by atoms with E-state index in [4.69, 9.17) is 9.47 Å². The van der Waals surface area contributed by atoms with Gasteiger partial charge in [0.25, 0.3) is 0 Å². The molecule has 3 aromatic rings. The van der Waals surface area contributed by atoms with Crippen LogP contribution in [-0.4, -0.2) is 49.1 Å². The maximum atomic E-state index is 6.11. The van der Waals surface area contributed by atoms with Gasteiger partial charge in [-0.3, -0.25) is 5.43 Å². The summed E-state index contributed by atoms with van der Waals surface area (Å²) in [5, 5.41) is 4.37. The summed E-state index contributed by atoms with van der Waals surface area (Å²) in [5.41, 5.74) is 6.27. The molecule has 0 unspecified atom stereocenters. The Kier molecular flexibility index (Phi) is 7.19. The minimum atomic E-state index is -0.184. The number of nitrogens with zero attached hydrogens (tertiary/aromatic N) is 4. The van der Waals surface area contributed by atoms with E-state index < -0.39 is 0 Å².